The number of amides is 1. The van der Waals surface area contributed by atoms with Gasteiger partial charge in [0.15, 0.2) is 11.5 Å². The number of phenols is 1. The highest BCUT2D eigenvalue weighted by molar-refractivity contribution is 6.01. The molecule has 2 N–H and O–H groups in total. The molecular weight excluding hydrogens is 308 g/mol. The molecule has 1 aliphatic rings. The van der Waals surface area contributed by atoms with E-state index in [4.69, 9.17) is 9.47 Å². The summed E-state index contributed by atoms with van der Waals surface area (Å²) in [5.74, 6) is 0.185. The molecule has 1 saturated heterocycles. The topological polar surface area (TPSA) is 71.0 Å². The quantitative estimate of drug-likeness (QED) is 0.799. The van der Waals surface area contributed by atoms with Crippen LogP contribution < -0.4 is 14.8 Å². The van der Waals surface area contributed by atoms with E-state index in [0.29, 0.717) is 24.8 Å². The number of ether oxygens (including phenoxy) is 2. The van der Waals surface area contributed by atoms with Gasteiger partial charge < -0.3 is 19.9 Å². The van der Waals surface area contributed by atoms with Crippen molar-refractivity contribution >= 4 is 5.91 Å². The second-order valence-corrected chi connectivity index (χ2v) is 5.98. The summed E-state index contributed by atoms with van der Waals surface area (Å²) in [5, 5.41) is 13.4. The number of nitrogens with zero attached hydrogens (tertiary/aromatic N) is 1. The van der Waals surface area contributed by atoms with Gasteiger partial charge in [-0.3, -0.25) is 9.69 Å². The van der Waals surface area contributed by atoms with Crippen molar-refractivity contribution in [3.8, 4) is 17.2 Å². The van der Waals surface area contributed by atoms with Gasteiger partial charge in [-0.15, -0.1) is 0 Å². The molecule has 24 heavy (non-hydrogen) atoms. The van der Waals surface area contributed by atoms with Crippen molar-refractivity contribution in [2.24, 2.45) is 0 Å². The van der Waals surface area contributed by atoms with Crippen LogP contribution in [0.3, 0.4) is 0 Å². The molecule has 1 heterocycles. The monoisotopic (exact) mass is 336 g/mol. The lowest BCUT2D eigenvalue weighted by atomic mass is 10.0. The van der Waals surface area contributed by atoms with Crippen molar-refractivity contribution in [1.29, 1.82) is 0 Å². The Balaban J connectivity index is 2.24. The number of aromatic hydroxyl groups is 1. The second-order valence-electron chi connectivity index (χ2n) is 5.98. The Labute approximate surface area is 143 Å². The molecular formula is C18H28N2O4. The maximum Gasteiger partial charge on any atom is 0.259 e. The molecule has 1 aromatic rings. The summed E-state index contributed by atoms with van der Waals surface area (Å²) in [4.78, 5) is 15.1. The summed E-state index contributed by atoms with van der Waals surface area (Å²) in [6, 6.07) is 2.06. The summed E-state index contributed by atoms with van der Waals surface area (Å²) in [6.45, 7) is 6.71. The van der Waals surface area contributed by atoms with Gasteiger partial charge in [-0.25, -0.2) is 0 Å². The highest BCUT2D eigenvalue weighted by atomic mass is 16.5. The maximum absolute atomic E-state index is 12.7. The van der Waals surface area contributed by atoms with Crippen LogP contribution in [-0.4, -0.2) is 55.8 Å². The van der Waals surface area contributed by atoms with Crippen LogP contribution in [0.5, 0.6) is 17.2 Å². The number of carbonyl (C=O) groups is 1. The lowest BCUT2D eigenvalue weighted by molar-refractivity contribution is 0.0934. The molecule has 0 radical (unpaired) electrons. The molecule has 1 atom stereocenters. The van der Waals surface area contributed by atoms with Crippen LogP contribution >= 0.6 is 0 Å². The molecule has 0 aliphatic carbocycles. The molecule has 6 nitrogen and oxygen atoms in total. The summed E-state index contributed by atoms with van der Waals surface area (Å²) < 4.78 is 10.6. The van der Waals surface area contributed by atoms with E-state index in [1.54, 1.807) is 6.07 Å². The van der Waals surface area contributed by atoms with E-state index >= 15 is 0 Å². The molecule has 0 aromatic heterocycles. The predicted octanol–water partition coefficient (Wildman–Crippen LogP) is 2.19. The largest absolute Gasteiger partial charge is 0.504 e. The minimum atomic E-state index is -0.332. The fourth-order valence-electron chi connectivity index (χ4n) is 3.39. The lowest BCUT2D eigenvalue weighted by Crippen LogP contribution is -2.40. The normalized spacial score (nSPS) is 17.8. The van der Waals surface area contributed by atoms with Crippen LogP contribution in [0.15, 0.2) is 6.07 Å². The Morgan fingerprint density at radius 2 is 2.12 bits per heavy atom. The number of benzene rings is 1. The van der Waals surface area contributed by atoms with E-state index in [2.05, 4.69) is 17.1 Å². The summed E-state index contributed by atoms with van der Waals surface area (Å²) in [5.41, 5.74) is 0.975. The number of aryl methyl sites for hydroxylation is 1. The molecule has 2 rings (SSSR count). The van der Waals surface area contributed by atoms with Crippen molar-refractivity contribution in [2.75, 3.05) is 33.9 Å². The average molecular weight is 336 g/mol. The Morgan fingerprint density at radius 3 is 2.71 bits per heavy atom. The number of hydrogen-bond acceptors (Lipinski definition) is 5. The molecule has 134 valence electrons. The smallest absolute Gasteiger partial charge is 0.259 e. The molecule has 1 unspecified atom stereocenters. The fourth-order valence-corrected chi connectivity index (χ4v) is 3.39. The molecule has 1 fully saturated rings. The van der Waals surface area contributed by atoms with E-state index in [-0.39, 0.29) is 23.0 Å². The zero-order valence-electron chi connectivity index (χ0n) is 15.0. The lowest BCUT2D eigenvalue weighted by Gasteiger charge is -2.23. The molecule has 6 heteroatoms. The number of carbonyl (C=O) groups excluding carboxylic acids is 1. The number of phenolic OH excluding ortho intramolecular Hbond substituents is 1. The van der Waals surface area contributed by atoms with Crippen LogP contribution in [0, 0.1) is 0 Å². The summed E-state index contributed by atoms with van der Waals surface area (Å²) in [7, 11) is 2.98. The van der Waals surface area contributed by atoms with Crippen LogP contribution in [0.25, 0.3) is 0 Å². The number of methoxy groups -OCH3 is 2. The zero-order valence-corrected chi connectivity index (χ0v) is 15.0. The highest BCUT2D eigenvalue weighted by Gasteiger charge is 2.27. The van der Waals surface area contributed by atoms with E-state index in [9.17, 15) is 9.90 Å². The number of hydrogen-bond donors (Lipinski definition) is 2. The molecule has 1 amide bonds. The highest BCUT2D eigenvalue weighted by Crippen LogP contribution is 2.39. The zero-order chi connectivity index (χ0) is 17.7. The van der Waals surface area contributed by atoms with Crippen LogP contribution in [0.1, 0.15) is 42.6 Å². The van der Waals surface area contributed by atoms with E-state index in [1.807, 2.05) is 6.92 Å². The number of likely N-dealkylation sites (tertiary alicyclic amines) is 1. The maximum atomic E-state index is 12.7. The third-order valence-electron chi connectivity index (χ3n) is 4.73. The minimum Gasteiger partial charge on any atom is -0.504 e. The first-order valence-corrected chi connectivity index (χ1v) is 8.56. The molecule has 0 spiro atoms. The number of rotatable bonds is 7. The summed E-state index contributed by atoms with van der Waals surface area (Å²) >= 11 is 0. The average Bonchev–Trinajstić information content (AvgIpc) is 3.06. The number of nitrogens with one attached hydrogen (secondary N) is 1. The van der Waals surface area contributed by atoms with Gasteiger partial charge in [0.25, 0.3) is 5.91 Å². The predicted molar refractivity (Wildman–Crippen MR) is 93.2 cm³/mol. The Kier molecular flexibility index (Phi) is 6.31. The van der Waals surface area contributed by atoms with Gasteiger partial charge in [0.1, 0.15) is 11.3 Å². The second kappa shape index (κ2) is 8.24. The minimum absolute atomic E-state index is 0.148. The Hall–Kier alpha value is -1.95. The Bertz CT molecular complexity index is 589. The van der Waals surface area contributed by atoms with Crippen molar-refractivity contribution in [1.82, 2.24) is 10.2 Å². The van der Waals surface area contributed by atoms with Gasteiger partial charge in [0.05, 0.1) is 14.2 Å². The van der Waals surface area contributed by atoms with Gasteiger partial charge in [-0.2, -0.15) is 0 Å². The first kappa shape index (κ1) is 18.4. The van der Waals surface area contributed by atoms with E-state index in [1.165, 1.54) is 14.2 Å². The standard InChI is InChI=1S/C18H28N2O4/c1-5-12-10-14(23-3)16(21)15(17(12)24-4)18(22)19-11-13-8-7-9-20(13)6-2/h10,13,21H,5-9,11H2,1-4H3,(H,19,22). The van der Waals surface area contributed by atoms with Gasteiger partial charge >= 0.3 is 0 Å². The molecule has 0 saturated carbocycles. The van der Waals surface area contributed by atoms with Gasteiger partial charge in [-0.05, 0) is 44.0 Å². The number of likely N-dealkylation sites (N-methyl/N-ethyl adjacent to an activating group) is 1. The van der Waals surface area contributed by atoms with Crippen LogP contribution in [-0.2, 0) is 6.42 Å². The van der Waals surface area contributed by atoms with Crippen molar-refractivity contribution in [2.45, 2.75) is 39.2 Å². The van der Waals surface area contributed by atoms with Crippen LogP contribution in [0.4, 0.5) is 0 Å². The third kappa shape index (κ3) is 3.59. The van der Waals surface area contributed by atoms with Gasteiger partial charge in [-0.1, -0.05) is 13.8 Å². The van der Waals surface area contributed by atoms with Crippen molar-refractivity contribution in [3.05, 3.63) is 17.2 Å². The van der Waals surface area contributed by atoms with Gasteiger partial charge in [0.2, 0.25) is 0 Å². The molecule has 1 aliphatic heterocycles. The first-order valence-electron chi connectivity index (χ1n) is 8.56. The molecule has 1 aromatic carbocycles. The SMILES string of the molecule is CCc1cc(OC)c(O)c(C(=O)NCC2CCCN2CC)c1OC. The van der Waals surface area contributed by atoms with Crippen molar-refractivity contribution < 1.29 is 19.4 Å². The van der Waals surface area contributed by atoms with E-state index < -0.39 is 0 Å². The van der Waals surface area contributed by atoms with Gasteiger partial charge in [0, 0.05) is 12.6 Å². The van der Waals surface area contributed by atoms with Crippen molar-refractivity contribution in [3.63, 3.8) is 0 Å². The Morgan fingerprint density at radius 1 is 1.38 bits per heavy atom. The van der Waals surface area contributed by atoms with Crippen LogP contribution in [0.2, 0.25) is 0 Å². The third-order valence-corrected chi connectivity index (χ3v) is 4.73. The fraction of sp³-hybridized carbons (Fsp3) is 0.611. The first-order chi connectivity index (χ1) is 11.6. The summed E-state index contributed by atoms with van der Waals surface area (Å²) in [6.07, 6.45) is 2.91. The molecule has 0 bridgehead atoms. The van der Waals surface area contributed by atoms with E-state index in [0.717, 1.165) is 31.5 Å².